The molecule has 1 N–H and O–H groups in total. The van der Waals surface area contributed by atoms with Gasteiger partial charge >= 0.3 is 0 Å². The van der Waals surface area contributed by atoms with E-state index in [-0.39, 0.29) is 22.9 Å². The van der Waals surface area contributed by atoms with Gasteiger partial charge in [0.1, 0.15) is 6.07 Å². The first kappa shape index (κ1) is 25.3. The van der Waals surface area contributed by atoms with Crippen molar-refractivity contribution in [3.63, 3.8) is 0 Å². The summed E-state index contributed by atoms with van der Waals surface area (Å²) in [6.45, 7) is 6.01. The summed E-state index contributed by atoms with van der Waals surface area (Å²) in [4.78, 5) is 25.1. The highest BCUT2D eigenvalue weighted by Crippen LogP contribution is 2.41. The van der Waals surface area contributed by atoms with Crippen molar-refractivity contribution in [2.24, 2.45) is 10.4 Å². The fourth-order valence-corrected chi connectivity index (χ4v) is 5.11. The van der Waals surface area contributed by atoms with Crippen LogP contribution in [0.1, 0.15) is 66.5 Å². The highest BCUT2D eigenvalue weighted by molar-refractivity contribution is 7.78. The number of likely N-dealkylation sites (N-methyl/N-ethyl adjacent to an activating group) is 2. The van der Waals surface area contributed by atoms with Crippen molar-refractivity contribution in [2.75, 3.05) is 32.5 Å². The number of nitrogens with one attached hydrogen (secondary N) is 1. The quantitative estimate of drug-likeness (QED) is 0.481. The summed E-state index contributed by atoms with van der Waals surface area (Å²) in [7, 11) is 3.88. The van der Waals surface area contributed by atoms with Crippen molar-refractivity contribution in [2.45, 2.75) is 39.0 Å². The standard InChI is InChI=1S/C26H30N8OS/c1-26(2)9-7-17(8-10-26)21-11-18(19-13-32(3)25(29-16-28)33(4)14-19)5-6-22(21)31-24(35)23-30-20(12-27)15-34(23)36/h5-7,11,15,19,36H,8-10,13-14H2,1-4H3,(H,31,35). The number of nitrogens with zero attached hydrogens (tertiary/aromatic N) is 7. The monoisotopic (exact) mass is 502 g/mol. The van der Waals surface area contributed by atoms with Gasteiger partial charge in [-0.1, -0.05) is 38.8 Å². The Kier molecular flexibility index (Phi) is 7.09. The summed E-state index contributed by atoms with van der Waals surface area (Å²) in [6.07, 6.45) is 8.53. The molecule has 4 rings (SSSR count). The molecule has 9 nitrogen and oxygen atoms in total. The first-order valence-electron chi connectivity index (χ1n) is 11.8. The lowest BCUT2D eigenvalue weighted by Crippen LogP contribution is -2.49. The summed E-state index contributed by atoms with van der Waals surface area (Å²) in [5.74, 6) is 0.501. The van der Waals surface area contributed by atoms with Crippen molar-refractivity contribution < 1.29 is 4.79 Å². The molecule has 10 heteroatoms. The first-order valence-corrected chi connectivity index (χ1v) is 12.2. The summed E-state index contributed by atoms with van der Waals surface area (Å²) in [6, 6.07) is 8.09. The number of carbonyl (C=O) groups is 1. The Morgan fingerprint density at radius 2 is 1.97 bits per heavy atom. The molecule has 1 aromatic carbocycles. The van der Waals surface area contributed by atoms with Crippen molar-refractivity contribution >= 4 is 35.9 Å². The van der Waals surface area contributed by atoms with Gasteiger partial charge in [0, 0.05) is 44.4 Å². The Morgan fingerprint density at radius 1 is 1.25 bits per heavy atom. The molecule has 1 aromatic heterocycles. The second kappa shape index (κ2) is 10.1. The summed E-state index contributed by atoms with van der Waals surface area (Å²) < 4.78 is 1.26. The molecule has 1 fully saturated rings. The topological polar surface area (TPSA) is 113 Å². The van der Waals surface area contributed by atoms with Crippen LogP contribution in [0.5, 0.6) is 0 Å². The average Bonchev–Trinajstić information content (AvgIpc) is 3.22. The molecule has 2 aliphatic rings. The molecule has 36 heavy (non-hydrogen) atoms. The van der Waals surface area contributed by atoms with Crippen LogP contribution in [-0.2, 0) is 0 Å². The van der Waals surface area contributed by atoms with E-state index < -0.39 is 5.91 Å². The molecule has 0 unspecified atom stereocenters. The molecule has 1 aliphatic carbocycles. The van der Waals surface area contributed by atoms with E-state index in [0.717, 1.165) is 43.5 Å². The third kappa shape index (κ3) is 5.24. The lowest BCUT2D eigenvalue weighted by atomic mass is 9.76. The molecule has 0 atom stereocenters. The normalized spacial score (nSPS) is 19.2. The minimum absolute atomic E-state index is 0.0588. The number of aromatic nitrogens is 2. The number of allylic oxidation sites excluding steroid dienone is 2. The van der Waals surface area contributed by atoms with Gasteiger partial charge in [0.15, 0.2) is 5.69 Å². The number of anilines is 1. The Morgan fingerprint density at radius 3 is 2.56 bits per heavy atom. The molecular weight excluding hydrogens is 472 g/mol. The van der Waals surface area contributed by atoms with E-state index in [4.69, 9.17) is 10.5 Å². The van der Waals surface area contributed by atoms with E-state index in [1.807, 2.05) is 48.3 Å². The maximum Gasteiger partial charge on any atom is 0.292 e. The predicted octanol–water partition coefficient (Wildman–Crippen LogP) is 4.09. The van der Waals surface area contributed by atoms with E-state index >= 15 is 0 Å². The highest BCUT2D eigenvalue weighted by Gasteiger charge is 2.29. The van der Waals surface area contributed by atoms with Crippen LogP contribution < -0.4 is 5.32 Å². The maximum atomic E-state index is 13.0. The first-order chi connectivity index (χ1) is 17.1. The molecule has 0 bridgehead atoms. The lowest BCUT2D eigenvalue weighted by Gasteiger charge is -2.39. The van der Waals surface area contributed by atoms with Gasteiger partial charge in [-0.05, 0) is 47.9 Å². The number of carbonyl (C=O) groups excluding carboxylic acids is 1. The fraction of sp³-hybridized carbons (Fsp3) is 0.423. The van der Waals surface area contributed by atoms with Crippen LogP contribution >= 0.6 is 12.8 Å². The van der Waals surface area contributed by atoms with Gasteiger partial charge in [0.25, 0.3) is 5.91 Å². The maximum absolute atomic E-state index is 13.0. The third-order valence-corrected chi connectivity index (χ3v) is 7.21. The van der Waals surface area contributed by atoms with Gasteiger partial charge in [-0.2, -0.15) is 10.5 Å². The highest BCUT2D eigenvalue weighted by atomic mass is 32.1. The number of aliphatic imine (C=N–C) groups is 1. The summed E-state index contributed by atoms with van der Waals surface area (Å²) in [5, 5.41) is 21.1. The predicted molar refractivity (Wildman–Crippen MR) is 142 cm³/mol. The van der Waals surface area contributed by atoms with Gasteiger partial charge in [-0.15, -0.1) is 4.99 Å². The Balaban J connectivity index is 1.68. The number of hydrogen-bond donors (Lipinski definition) is 2. The Labute approximate surface area is 217 Å². The van der Waals surface area contributed by atoms with Crippen LogP contribution in [0, 0.1) is 28.2 Å². The van der Waals surface area contributed by atoms with Crippen molar-refractivity contribution in [1.29, 1.82) is 10.5 Å². The van der Waals surface area contributed by atoms with E-state index in [1.54, 1.807) is 0 Å². The van der Waals surface area contributed by atoms with Gasteiger partial charge in [0.05, 0.1) is 6.20 Å². The van der Waals surface area contributed by atoms with Gasteiger partial charge < -0.3 is 15.1 Å². The molecule has 1 aliphatic heterocycles. The second-order valence-corrected chi connectivity index (χ2v) is 10.7. The number of guanidine groups is 1. The minimum atomic E-state index is -0.424. The number of thiol groups is 1. The van der Waals surface area contributed by atoms with Crippen LogP contribution in [0.2, 0.25) is 0 Å². The molecule has 1 amide bonds. The lowest BCUT2D eigenvalue weighted by molar-refractivity contribution is 0.101. The summed E-state index contributed by atoms with van der Waals surface area (Å²) in [5.41, 5.74) is 4.45. The Bertz CT molecular complexity index is 1310. The molecule has 0 radical (unpaired) electrons. The van der Waals surface area contributed by atoms with Crippen LogP contribution in [0.4, 0.5) is 5.69 Å². The number of amides is 1. The number of rotatable bonds is 4. The zero-order valence-electron chi connectivity index (χ0n) is 21.0. The number of imidazole rings is 1. The average molecular weight is 503 g/mol. The van der Waals surface area contributed by atoms with Crippen LogP contribution in [-0.4, -0.2) is 57.8 Å². The molecule has 1 saturated heterocycles. The molecule has 0 saturated carbocycles. The molecular formula is C26H30N8OS. The van der Waals surface area contributed by atoms with Crippen LogP contribution in [0.15, 0.2) is 35.5 Å². The Hall–Kier alpha value is -3.76. The molecule has 0 spiro atoms. The number of benzene rings is 1. The second-order valence-electron chi connectivity index (χ2n) is 10.2. The minimum Gasteiger partial charge on any atom is -0.344 e. The largest absolute Gasteiger partial charge is 0.344 e. The fourth-order valence-electron chi connectivity index (χ4n) is 4.87. The zero-order valence-corrected chi connectivity index (χ0v) is 21.9. The van der Waals surface area contributed by atoms with Crippen LogP contribution in [0.3, 0.4) is 0 Å². The third-order valence-electron chi connectivity index (χ3n) is 6.91. The zero-order chi connectivity index (χ0) is 26.0. The number of nitriles is 2. The van der Waals surface area contributed by atoms with Gasteiger partial charge in [-0.3, -0.25) is 8.77 Å². The van der Waals surface area contributed by atoms with Crippen molar-refractivity contribution in [3.05, 3.63) is 53.1 Å². The molecule has 2 aromatic rings. The van der Waals surface area contributed by atoms with Gasteiger partial charge in [0.2, 0.25) is 18.0 Å². The smallest absolute Gasteiger partial charge is 0.292 e. The van der Waals surface area contributed by atoms with Crippen molar-refractivity contribution in [3.8, 4) is 12.3 Å². The van der Waals surface area contributed by atoms with E-state index in [1.165, 1.54) is 15.7 Å². The van der Waals surface area contributed by atoms with E-state index in [2.05, 4.69) is 54.1 Å². The van der Waals surface area contributed by atoms with Gasteiger partial charge in [-0.25, -0.2) is 4.98 Å². The summed E-state index contributed by atoms with van der Waals surface area (Å²) >= 11 is 4.24. The molecule has 186 valence electrons. The van der Waals surface area contributed by atoms with E-state index in [0.29, 0.717) is 11.6 Å². The van der Waals surface area contributed by atoms with Crippen molar-refractivity contribution in [1.82, 2.24) is 18.8 Å². The van der Waals surface area contributed by atoms with E-state index in [9.17, 15) is 4.79 Å². The SMILES string of the molecule is CN1CC(c2ccc(NC(=O)c3nc(C#N)cn3S)c(C3=CCC(C)(C)CC3)c2)CN(C)C1=NC#N. The molecule has 2 heterocycles. The number of hydrogen-bond acceptors (Lipinski definition) is 6. The van der Waals surface area contributed by atoms with Crippen LogP contribution in [0.25, 0.3) is 5.57 Å².